The predicted octanol–water partition coefficient (Wildman–Crippen LogP) is 0.204. The predicted molar refractivity (Wildman–Crippen MR) is 44.0 cm³/mol. The van der Waals surface area contributed by atoms with Crippen LogP contribution in [0.25, 0.3) is 0 Å². The third kappa shape index (κ3) is 2.89. The molecule has 3 nitrogen and oxygen atoms in total. The van der Waals surface area contributed by atoms with Crippen molar-refractivity contribution >= 4 is 5.91 Å². The van der Waals surface area contributed by atoms with Crippen LogP contribution in [-0.4, -0.2) is 30.9 Å². The summed E-state index contributed by atoms with van der Waals surface area (Å²) in [5, 5.41) is 0. The molecule has 1 fully saturated rings. The molecule has 0 aromatic rings. The van der Waals surface area contributed by atoms with Gasteiger partial charge in [-0.1, -0.05) is 0 Å². The zero-order valence-corrected chi connectivity index (χ0v) is 7.05. The first kappa shape index (κ1) is 8.53. The lowest BCUT2D eigenvalue weighted by Crippen LogP contribution is -2.16. The van der Waals surface area contributed by atoms with Crippen LogP contribution >= 0.6 is 0 Å². The van der Waals surface area contributed by atoms with Gasteiger partial charge in [0.1, 0.15) is 0 Å². The van der Waals surface area contributed by atoms with Crippen molar-refractivity contribution in [3.63, 3.8) is 0 Å². The number of nitrogens with zero attached hydrogens (tertiary/aromatic N) is 1. The van der Waals surface area contributed by atoms with Crippen LogP contribution in [0.3, 0.4) is 0 Å². The van der Waals surface area contributed by atoms with Crippen LogP contribution < -0.4 is 5.73 Å². The minimum Gasteiger partial charge on any atom is -0.370 e. The average molecular weight is 156 g/mol. The lowest BCUT2D eigenvalue weighted by molar-refractivity contribution is -0.118. The smallest absolute Gasteiger partial charge is 0.217 e. The fourth-order valence-corrected chi connectivity index (χ4v) is 1.61. The molecule has 0 aliphatic carbocycles. The summed E-state index contributed by atoms with van der Waals surface area (Å²) in [6.45, 7) is 2.30. The van der Waals surface area contributed by atoms with E-state index in [0.717, 1.165) is 13.0 Å². The van der Waals surface area contributed by atoms with Crippen molar-refractivity contribution in [2.24, 2.45) is 11.7 Å². The summed E-state index contributed by atoms with van der Waals surface area (Å²) in [6.07, 6.45) is 2.75. The quantitative estimate of drug-likeness (QED) is 0.634. The second-order valence-electron chi connectivity index (χ2n) is 3.42. The topological polar surface area (TPSA) is 46.3 Å². The molecule has 0 aromatic heterocycles. The molecule has 1 rings (SSSR count). The number of hydrogen-bond donors (Lipinski definition) is 1. The van der Waals surface area contributed by atoms with Gasteiger partial charge in [-0.05, 0) is 32.4 Å². The summed E-state index contributed by atoms with van der Waals surface area (Å²) in [6, 6.07) is 0. The van der Waals surface area contributed by atoms with Gasteiger partial charge >= 0.3 is 0 Å². The van der Waals surface area contributed by atoms with Crippen LogP contribution in [0, 0.1) is 5.92 Å². The van der Waals surface area contributed by atoms with Crippen molar-refractivity contribution in [1.29, 1.82) is 0 Å². The Morgan fingerprint density at radius 2 is 2.45 bits per heavy atom. The van der Waals surface area contributed by atoms with Crippen LogP contribution in [-0.2, 0) is 4.79 Å². The normalized spacial score (nSPS) is 25.7. The van der Waals surface area contributed by atoms with Gasteiger partial charge in [0.25, 0.3) is 0 Å². The number of likely N-dealkylation sites (tertiary alicyclic amines) is 1. The Labute approximate surface area is 67.5 Å². The molecule has 0 bridgehead atoms. The third-order valence-corrected chi connectivity index (χ3v) is 2.29. The maximum absolute atomic E-state index is 10.4. The number of carbonyl (C=O) groups excluding carboxylic acids is 1. The van der Waals surface area contributed by atoms with E-state index < -0.39 is 0 Å². The van der Waals surface area contributed by atoms with E-state index in [1.165, 1.54) is 13.0 Å². The first-order valence-corrected chi connectivity index (χ1v) is 4.15. The molecule has 11 heavy (non-hydrogen) atoms. The van der Waals surface area contributed by atoms with Gasteiger partial charge < -0.3 is 10.6 Å². The molecule has 1 amide bonds. The Morgan fingerprint density at radius 1 is 1.73 bits per heavy atom. The van der Waals surface area contributed by atoms with Crippen molar-refractivity contribution < 1.29 is 4.79 Å². The molecule has 1 saturated heterocycles. The Morgan fingerprint density at radius 3 is 2.91 bits per heavy atom. The summed E-state index contributed by atoms with van der Waals surface area (Å²) in [4.78, 5) is 12.7. The largest absolute Gasteiger partial charge is 0.370 e. The molecule has 0 aromatic carbocycles. The second kappa shape index (κ2) is 3.72. The van der Waals surface area contributed by atoms with Crippen LogP contribution in [0.15, 0.2) is 0 Å². The van der Waals surface area contributed by atoms with E-state index >= 15 is 0 Å². The first-order valence-electron chi connectivity index (χ1n) is 4.15. The maximum Gasteiger partial charge on any atom is 0.217 e. The highest BCUT2D eigenvalue weighted by Gasteiger charge is 2.19. The standard InChI is InChI=1S/C8H16N2O/c1-10-5-4-7(6-10)2-3-8(9)11/h7H,2-6H2,1H3,(H2,9,11). The molecule has 64 valence electrons. The second-order valence-corrected chi connectivity index (χ2v) is 3.42. The summed E-state index contributed by atoms with van der Waals surface area (Å²) in [5.74, 6) is 0.534. The van der Waals surface area contributed by atoms with Gasteiger partial charge in [-0.3, -0.25) is 4.79 Å². The SMILES string of the molecule is CN1CCC(CCC(N)=O)C1. The van der Waals surface area contributed by atoms with Crippen LogP contribution in [0.4, 0.5) is 0 Å². The molecule has 0 spiro atoms. The summed E-state index contributed by atoms with van der Waals surface area (Å²) in [7, 11) is 2.12. The Balaban J connectivity index is 2.13. The zero-order chi connectivity index (χ0) is 8.27. The van der Waals surface area contributed by atoms with E-state index in [-0.39, 0.29) is 5.91 Å². The highest BCUT2D eigenvalue weighted by molar-refractivity contribution is 5.73. The van der Waals surface area contributed by atoms with E-state index in [9.17, 15) is 4.79 Å². The van der Waals surface area contributed by atoms with E-state index in [1.807, 2.05) is 0 Å². The Kier molecular flexibility index (Phi) is 2.88. The van der Waals surface area contributed by atoms with Crippen LogP contribution in [0.5, 0.6) is 0 Å². The fraction of sp³-hybridized carbons (Fsp3) is 0.875. The molecule has 1 atom stereocenters. The molecule has 1 unspecified atom stereocenters. The number of rotatable bonds is 3. The minimum absolute atomic E-state index is 0.167. The number of amides is 1. The summed E-state index contributed by atoms with van der Waals surface area (Å²) < 4.78 is 0. The Hall–Kier alpha value is -0.570. The van der Waals surface area contributed by atoms with Crippen molar-refractivity contribution in [2.45, 2.75) is 19.3 Å². The lowest BCUT2D eigenvalue weighted by atomic mass is 10.0. The number of nitrogens with two attached hydrogens (primary N) is 1. The number of carbonyl (C=O) groups is 1. The lowest BCUT2D eigenvalue weighted by Gasteiger charge is -2.08. The van der Waals surface area contributed by atoms with E-state index in [4.69, 9.17) is 5.73 Å². The Bertz CT molecular complexity index is 147. The van der Waals surface area contributed by atoms with Gasteiger partial charge in [-0.25, -0.2) is 0 Å². The molecule has 1 aliphatic rings. The molecular weight excluding hydrogens is 140 g/mol. The van der Waals surface area contributed by atoms with Gasteiger partial charge in [0, 0.05) is 13.0 Å². The highest BCUT2D eigenvalue weighted by atomic mass is 16.1. The average Bonchev–Trinajstić information content (AvgIpc) is 2.31. The number of hydrogen-bond acceptors (Lipinski definition) is 2. The first-order chi connectivity index (χ1) is 5.18. The van der Waals surface area contributed by atoms with Crippen molar-refractivity contribution in [1.82, 2.24) is 4.90 Å². The van der Waals surface area contributed by atoms with Crippen molar-refractivity contribution in [3.8, 4) is 0 Å². The van der Waals surface area contributed by atoms with Crippen LogP contribution in [0.1, 0.15) is 19.3 Å². The van der Waals surface area contributed by atoms with Gasteiger partial charge in [0.2, 0.25) is 5.91 Å². The monoisotopic (exact) mass is 156 g/mol. The maximum atomic E-state index is 10.4. The summed E-state index contributed by atoms with van der Waals surface area (Å²) in [5.41, 5.74) is 5.05. The van der Waals surface area contributed by atoms with E-state index in [1.54, 1.807) is 0 Å². The van der Waals surface area contributed by atoms with Crippen molar-refractivity contribution in [2.75, 3.05) is 20.1 Å². The molecule has 0 radical (unpaired) electrons. The van der Waals surface area contributed by atoms with Gasteiger partial charge in [-0.2, -0.15) is 0 Å². The summed E-state index contributed by atoms with van der Waals surface area (Å²) >= 11 is 0. The van der Waals surface area contributed by atoms with Crippen molar-refractivity contribution in [3.05, 3.63) is 0 Å². The number of primary amides is 1. The molecule has 1 heterocycles. The highest BCUT2D eigenvalue weighted by Crippen LogP contribution is 2.18. The fourth-order valence-electron chi connectivity index (χ4n) is 1.61. The molecular formula is C8H16N2O. The van der Waals surface area contributed by atoms with Gasteiger partial charge in [0.15, 0.2) is 0 Å². The van der Waals surface area contributed by atoms with E-state index in [2.05, 4.69) is 11.9 Å². The molecule has 0 saturated carbocycles. The van der Waals surface area contributed by atoms with Crippen LogP contribution in [0.2, 0.25) is 0 Å². The van der Waals surface area contributed by atoms with Gasteiger partial charge in [0.05, 0.1) is 0 Å². The zero-order valence-electron chi connectivity index (χ0n) is 7.05. The molecule has 2 N–H and O–H groups in total. The molecule has 3 heteroatoms. The van der Waals surface area contributed by atoms with Gasteiger partial charge in [-0.15, -0.1) is 0 Å². The minimum atomic E-state index is -0.167. The molecule has 1 aliphatic heterocycles. The van der Waals surface area contributed by atoms with E-state index in [0.29, 0.717) is 12.3 Å². The third-order valence-electron chi connectivity index (χ3n) is 2.29.